The zero-order valence-corrected chi connectivity index (χ0v) is 16.8. The molecule has 0 spiro atoms. The highest BCUT2D eigenvalue weighted by atomic mass is 79.9. The number of hydrogen-bond donors (Lipinski definition) is 1. The summed E-state index contributed by atoms with van der Waals surface area (Å²) < 4.78 is 7.53. The molecule has 0 aliphatic rings. The van der Waals surface area contributed by atoms with Gasteiger partial charge in [0, 0.05) is 18.1 Å². The van der Waals surface area contributed by atoms with Gasteiger partial charge in [0.1, 0.15) is 11.4 Å². The summed E-state index contributed by atoms with van der Waals surface area (Å²) in [6.45, 7) is 3.32. The standard InChI is InChI=1S/C18H20BrN3O5/c1-10(2)8-22-15(20)14(16(24)21(3)18(22)26)13(23)9-27-17(25)11-6-4-5-7-12(11)19/h4-7,10H,8-9,20H2,1-3H3. The maximum atomic E-state index is 12.5. The number of benzene rings is 1. The molecule has 2 aromatic rings. The van der Waals surface area contributed by atoms with Gasteiger partial charge in [0.15, 0.2) is 6.61 Å². The lowest BCUT2D eigenvalue weighted by Gasteiger charge is -2.16. The Kier molecular flexibility index (Phi) is 6.37. The van der Waals surface area contributed by atoms with E-state index in [9.17, 15) is 19.2 Å². The molecule has 1 heterocycles. The summed E-state index contributed by atoms with van der Waals surface area (Å²) >= 11 is 3.22. The molecule has 0 atom stereocenters. The van der Waals surface area contributed by atoms with Gasteiger partial charge in [0.05, 0.1) is 5.56 Å². The number of carbonyl (C=O) groups excluding carboxylic acids is 2. The first-order valence-electron chi connectivity index (χ1n) is 8.19. The number of aromatic nitrogens is 2. The summed E-state index contributed by atoms with van der Waals surface area (Å²) in [6, 6.07) is 6.58. The molecule has 0 saturated heterocycles. The predicted molar refractivity (Wildman–Crippen MR) is 104 cm³/mol. The van der Waals surface area contributed by atoms with Crippen molar-refractivity contribution >= 4 is 33.5 Å². The molecule has 27 heavy (non-hydrogen) atoms. The number of rotatable bonds is 6. The van der Waals surface area contributed by atoms with E-state index in [0.29, 0.717) is 4.47 Å². The van der Waals surface area contributed by atoms with Crippen LogP contribution < -0.4 is 17.0 Å². The van der Waals surface area contributed by atoms with Gasteiger partial charge in [-0.05, 0) is 34.0 Å². The smallest absolute Gasteiger partial charge is 0.339 e. The molecule has 0 saturated carbocycles. The van der Waals surface area contributed by atoms with Gasteiger partial charge in [0.2, 0.25) is 5.78 Å². The topological polar surface area (TPSA) is 113 Å². The van der Waals surface area contributed by atoms with Crippen molar-refractivity contribution in [2.24, 2.45) is 13.0 Å². The van der Waals surface area contributed by atoms with E-state index in [-0.39, 0.29) is 29.4 Å². The Balaban J connectivity index is 2.32. The minimum Gasteiger partial charge on any atom is -0.454 e. The van der Waals surface area contributed by atoms with Crippen LogP contribution in [0.4, 0.5) is 5.82 Å². The maximum absolute atomic E-state index is 12.5. The Morgan fingerprint density at radius 2 is 1.85 bits per heavy atom. The summed E-state index contributed by atoms with van der Waals surface area (Å²) in [6.07, 6.45) is 0. The molecular formula is C18H20BrN3O5. The average Bonchev–Trinajstić information content (AvgIpc) is 2.62. The Labute approximate surface area is 163 Å². The summed E-state index contributed by atoms with van der Waals surface area (Å²) in [5.41, 5.74) is 4.38. The molecule has 2 rings (SSSR count). The van der Waals surface area contributed by atoms with E-state index < -0.39 is 29.6 Å². The van der Waals surface area contributed by atoms with Crippen molar-refractivity contribution in [1.82, 2.24) is 9.13 Å². The summed E-state index contributed by atoms with van der Waals surface area (Å²) in [5, 5.41) is 0. The third-order valence-electron chi connectivity index (χ3n) is 3.84. The van der Waals surface area contributed by atoms with Crippen LogP contribution in [0.5, 0.6) is 0 Å². The van der Waals surface area contributed by atoms with Gasteiger partial charge in [-0.25, -0.2) is 9.59 Å². The molecule has 0 aliphatic heterocycles. The van der Waals surface area contributed by atoms with E-state index in [4.69, 9.17) is 10.5 Å². The van der Waals surface area contributed by atoms with E-state index >= 15 is 0 Å². The third kappa shape index (κ3) is 4.36. The van der Waals surface area contributed by atoms with Crippen LogP contribution in [-0.2, 0) is 18.3 Å². The van der Waals surface area contributed by atoms with Crippen molar-refractivity contribution < 1.29 is 14.3 Å². The largest absolute Gasteiger partial charge is 0.454 e. The Morgan fingerprint density at radius 1 is 1.22 bits per heavy atom. The van der Waals surface area contributed by atoms with E-state index in [1.54, 1.807) is 18.2 Å². The molecule has 8 nitrogen and oxygen atoms in total. The van der Waals surface area contributed by atoms with Gasteiger partial charge in [0.25, 0.3) is 5.56 Å². The highest BCUT2D eigenvalue weighted by Crippen LogP contribution is 2.17. The lowest BCUT2D eigenvalue weighted by Crippen LogP contribution is -2.43. The van der Waals surface area contributed by atoms with Crippen LogP contribution in [0, 0.1) is 5.92 Å². The first kappa shape index (κ1) is 20.6. The summed E-state index contributed by atoms with van der Waals surface area (Å²) in [5.74, 6) is -1.65. The number of anilines is 1. The van der Waals surface area contributed by atoms with Crippen molar-refractivity contribution in [2.45, 2.75) is 20.4 Å². The van der Waals surface area contributed by atoms with Crippen LogP contribution in [-0.4, -0.2) is 27.5 Å². The first-order valence-corrected chi connectivity index (χ1v) is 8.98. The lowest BCUT2D eigenvalue weighted by molar-refractivity contribution is 0.0473. The maximum Gasteiger partial charge on any atom is 0.339 e. The highest BCUT2D eigenvalue weighted by Gasteiger charge is 2.23. The van der Waals surface area contributed by atoms with Crippen LogP contribution >= 0.6 is 15.9 Å². The number of nitrogen functional groups attached to an aromatic ring is 1. The van der Waals surface area contributed by atoms with E-state index in [0.717, 1.165) is 4.57 Å². The van der Waals surface area contributed by atoms with Gasteiger partial charge in [-0.3, -0.25) is 18.7 Å². The number of halogens is 1. The number of hydrogen-bond acceptors (Lipinski definition) is 6. The zero-order valence-electron chi connectivity index (χ0n) is 15.2. The molecular weight excluding hydrogens is 418 g/mol. The van der Waals surface area contributed by atoms with Crippen LogP contribution in [0.25, 0.3) is 0 Å². The molecule has 0 bridgehead atoms. The third-order valence-corrected chi connectivity index (χ3v) is 4.53. The number of esters is 1. The number of nitrogens with zero attached hydrogens (tertiary/aromatic N) is 2. The van der Waals surface area contributed by atoms with Crippen molar-refractivity contribution in [2.75, 3.05) is 12.3 Å². The number of ketones is 1. The van der Waals surface area contributed by atoms with Gasteiger partial charge in [-0.1, -0.05) is 26.0 Å². The zero-order chi connectivity index (χ0) is 20.3. The number of nitrogens with two attached hydrogens (primary N) is 1. The second-order valence-corrected chi connectivity index (χ2v) is 7.24. The highest BCUT2D eigenvalue weighted by molar-refractivity contribution is 9.10. The Morgan fingerprint density at radius 3 is 2.44 bits per heavy atom. The van der Waals surface area contributed by atoms with Gasteiger partial charge < -0.3 is 10.5 Å². The Bertz CT molecular complexity index is 1010. The molecule has 0 amide bonds. The second kappa shape index (κ2) is 8.34. The fraction of sp³-hybridized carbons (Fsp3) is 0.333. The number of ether oxygens (including phenoxy) is 1. The van der Waals surface area contributed by atoms with Gasteiger partial charge in [-0.2, -0.15) is 0 Å². The van der Waals surface area contributed by atoms with Crippen LogP contribution in [0.2, 0.25) is 0 Å². The lowest BCUT2D eigenvalue weighted by atomic mass is 10.1. The number of Topliss-reactive ketones (excluding diaryl/α,β-unsaturated/α-hetero) is 1. The second-order valence-electron chi connectivity index (χ2n) is 6.39. The fourth-order valence-electron chi connectivity index (χ4n) is 2.49. The molecule has 2 N–H and O–H groups in total. The van der Waals surface area contributed by atoms with Crippen molar-refractivity contribution in [3.63, 3.8) is 0 Å². The molecule has 1 aromatic carbocycles. The molecule has 1 aromatic heterocycles. The molecule has 144 valence electrons. The normalized spacial score (nSPS) is 10.9. The Hall–Kier alpha value is -2.68. The monoisotopic (exact) mass is 437 g/mol. The van der Waals surface area contributed by atoms with Crippen molar-refractivity contribution in [3.8, 4) is 0 Å². The van der Waals surface area contributed by atoms with Crippen LogP contribution in [0.3, 0.4) is 0 Å². The quantitative estimate of drug-likeness (QED) is 0.541. The van der Waals surface area contributed by atoms with Gasteiger partial charge in [-0.15, -0.1) is 0 Å². The molecule has 0 radical (unpaired) electrons. The van der Waals surface area contributed by atoms with E-state index in [2.05, 4.69) is 15.9 Å². The minimum atomic E-state index is -0.820. The SMILES string of the molecule is CC(C)Cn1c(N)c(C(=O)COC(=O)c2ccccc2Br)c(=O)n(C)c1=O. The fourth-order valence-corrected chi connectivity index (χ4v) is 2.94. The summed E-state index contributed by atoms with van der Waals surface area (Å²) in [4.78, 5) is 49.3. The molecule has 0 fully saturated rings. The number of carbonyl (C=O) groups is 2. The van der Waals surface area contributed by atoms with Crippen LogP contribution in [0.1, 0.15) is 34.6 Å². The van der Waals surface area contributed by atoms with E-state index in [1.807, 2.05) is 13.8 Å². The molecule has 0 aliphatic carbocycles. The summed E-state index contributed by atoms with van der Waals surface area (Å²) in [7, 11) is 1.27. The van der Waals surface area contributed by atoms with Crippen molar-refractivity contribution in [3.05, 3.63) is 60.7 Å². The minimum absolute atomic E-state index is 0.0683. The molecule has 0 unspecified atom stereocenters. The average molecular weight is 438 g/mol. The first-order chi connectivity index (χ1) is 12.6. The van der Waals surface area contributed by atoms with Crippen LogP contribution in [0.15, 0.2) is 38.3 Å². The van der Waals surface area contributed by atoms with Crippen molar-refractivity contribution in [1.29, 1.82) is 0 Å². The predicted octanol–water partition coefficient (Wildman–Crippen LogP) is 1.59. The van der Waals surface area contributed by atoms with E-state index in [1.165, 1.54) is 17.7 Å². The van der Waals surface area contributed by atoms with Gasteiger partial charge >= 0.3 is 11.7 Å². The molecule has 9 heteroatoms.